The zero-order valence-electron chi connectivity index (χ0n) is 14.1. The predicted octanol–water partition coefficient (Wildman–Crippen LogP) is 3.26. The number of halogens is 1. The molecule has 2 saturated carbocycles. The molecule has 0 spiro atoms. The van der Waals surface area contributed by atoms with Crippen LogP contribution in [0.3, 0.4) is 0 Å². The number of rotatable bonds is 5. The number of carbonyl (C=O) groups excluding carboxylic acids is 1. The Labute approximate surface area is 142 Å². The van der Waals surface area contributed by atoms with Gasteiger partial charge in [0.25, 0.3) is 0 Å². The van der Waals surface area contributed by atoms with Crippen molar-refractivity contribution in [1.29, 1.82) is 0 Å². The topological polar surface area (TPSA) is 40.5 Å². The third-order valence-electron chi connectivity index (χ3n) is 6.26. The van der Waals surface area contributed by atoms with Crippen LogP contribution >= 0.6 is 0 Å². The van der Waals surface area contributed by atoms with E-state index in [4.69, 9.17) is 0 Å². The minimum absolute atomic E-state index is 0.103. The van der Waals surface area contributed by atoms with Crippen molar-refractivity contribution in [2.45, 2.75) is 50.4 Å². The zero-order valence-corrected chi connectivity index (χ0v) is 14.1. The summed E-state index contributed by atoms with van der Waals surface area (Å²) in [5.74, 6) is 0.672. The summed E-state index contributed by atoms with van der Waals surface area (Å²) in [4.78, 5) is 15.2. The summed E-state index contributed by atoms with van der Waals surface area (Å²) in [5, 5.41) is 10.0. The third kappa shape index (κ3) is 2.85. The lowest BCUT2D eigenvalue weighted by molar-refractivity contribution is -0.138. The second-order valence-electron chi connectivity index (χ2n) is 8.22. The molecule has 130 valence electrons. The van der Waals surface area contributed by atoms with Crippen LogP contribution in [0.1, 0.15) is 50.5 Å². The van der Waals surface area contributed by atoms with Crippen LogP contribution in [0.4, 0.5) is 4.39 Å². The first kappa shape index (κ1) is 16.1. The van der Waals surface area contributed by atoms with Crippen LogP contribution < -0.4 is 0 Å². The molecule has 1 heterocycles. The molecule has 3 nitrogen and oxygen atoms in total. The van der Waals surface area contributed by atoms with Crippen LogP contribution in [-0.2, 0) is 10.2 Å². The van der Waals surface area contributed by atoms with Crippen molar-refractivity contribution < 1.29 is 14.3 Å². The van der Waals surface area contributed by atoms with E-state index in [-0.39, 0.29) is 23.7 Å². The predicted molar refractivity (Wildman–Crippen MR) is 90.0 cm³/mol. The minimum Gasteiger partial charge on any atom is -0.396 e. The Balaban J connectivity index is 1.52. The minimum atomic E-state index is -0.439. The highest BCUT2D eigenvalue weighted by atomic mass is 19.1. The van der Waals surface area contributed by atoms with Crippen molar-refractivity contribution >= 4 is 5.91 Å². The molecule has 1 aliphatic heterocycles. The van der Waals surface area contributed by atoms with Crippen LogP contribution in [0, 0.1) is 17.2 Å². The van der Waals surface area contributed by atoms with Gasteiger partial charge in [-0.25, -0.2) is 4.39 Å². The normalized spacial score (nSPS) is 28.7. The first-order chi connectivity index (χ1) is 11.6. The van der Waals surface area contributed by atoms with E-state index >= 15 is 0 Å². The number of carbonyl (C=O) groups is 1. The number of nitrogens with zero attached hydrogens (tertiary/aromatic N) is 1. The number of likely N-dealkylation sites (tertiary alicyclic amines) is 1. The molecule has 4 heteroatoms. The van der Waals surface area contributed by atoms with Crippen LogP contribution in [-0.4, -0.2) is 35.6 Å². The lowest BCUT2D eigenvalue weighted by Crippen LogP contribution is -2.51. The summed E-state index contributed by atoms with van der Waals surface area (Å²) in [5.41, 5.74) is 0.399. The van der Waals surface area contributed by atoms with E-state index in [9.17, 15) is 14.3 Å². The van der Waals surface area contributed by atoms with Gasteiger partial charge in [-0.15, -0.1) is 0 Å². The Morgan fingerprint density at radius 3 is 2.50 bits per heavy atom. The first-order valence-corrected chi connectivity index (χ1v) is 9.23. The van der Waals surface area contributed by atoms with E-state index in [2.05, 4.69) is 0 Å². The van der Waals surface area contributed by atoms with Crippen molar-refractivity contribution in [3.05, 3.63) is 35.6 Å². The number of hydrogen-bond acceptors (Lipinski definition) is 2. The molecule has 1 atom stereocenters. The van der Waals surface area contributed by atoms with Crippen molar-refractivity contribution in [3.63, 3.8) is 0 Å². The Morgan fingerprint density at radius 2 is 1.92 bits per heavy atom. The van der Waals surface area contributed by atoms with Crippen molar-refractivity contribution in [1.82, 2.24) is 4.90 Å². The number of aliphatic hydroxyl groups is 1. The molecule has 1 amide bonds. The van der Waals surface area contributed by atoms with Gasteiger partial charge in [0.15, 0.2) is 0 Å². The van der Waals surface area contributed by atoms with Crippen LogP contribution in [0.5, 0.6) is 0 Å². The highest BCUT2D eigenvalue weighted by Crippen LogP contribution is 2.51. The average molecular weight is 331 g/mol. The maximum atomic E-state index is 13.2. The van der Waals surface area contributed by atoms with Crippen molar-refractivity contribution in [3.8, 4) is 0 Å². The number of piperidine rings is 1. The smallest absolute Gasteiger partial charge is 0.233 e. The SMILES string of the molecule is O=C(N1CCC[C@@](CO)(CC2CC2)C1)C1(c2ccc(F)cc2)CC1. The Bertz CT molecular complexity index is 621. The Hall–Kier alpha value is -1.42. The first-order valence-electron chi connectivity index (χ1n) is 9.23. The van der Waals surface area contributed by atoms with Gasteiger partial charge in [0.2, 0.25) is 5.91 Å². The van der Waals surface area contributed by atoms with E-state index in [0.717, 1.165) is 50.1 Å². The summed E-state index contributed by atoms with van der Waals surface area (Å²) in [7, 11) is 0. The highest BCUT2D eigenvalue weighted by molar-refractivity contribution is 5.91. The maximum Gasteiger partial charge on any atom is 0.233 e. The molecule has 0 bridgehead atoms. The number of benzene rings is 1. The molecule has 0 unspecified atom stereocenters. The molecule has 1 aromatic carbocycles. The third-order valence-corrected chi connectivity index (χ3v) is 6.26. The van der Waals surface area contributed by atoms with Crippen LogP contribution in [0.25, 0.3) is 0 Å². The van der Waals surface area contributed by atoms with E-state index in [1.165, 1.54) is 25.0 Å². The number of aliphatic hydroxyl groups excluding tert-OH is 1. The molecule has 0 radical (unpaired) electrons. The fourth-order valence-electron chi connectivity index (χ4n) is 4.50. The largest absolute Gasteiger partial charge is 0.396 e. The van der Waals surface area contributed by atoms with Gasteiger partial charge in [0.05, 0.1) is 12.0 Å². The monoisotopic (exact) mass is 331 g/mol. The summed E-state index contributed by atoms with van der Waals surface area (Å²) in [6, 6.07) is 6.41. The summed E-state index contributed by atoms with van der Waals surface area (Å²) < 4.78 is 13.2. The Kier molecular flexibility index (Phi) is 3.91. The van der Waals surface area contributed by atoms with E-state index in [1.54, 1.807) is 12.1 Å². The fourth-order valence-corrected chi connectivity index (χ4v) is 4.50. The van der Waals surface area contributed by atoms with Crippen molar-refractivity contribution in [2.75, 3.05) is 19.7 Å². The molecule has 3 aliphatic rings. The standard InChI is InChI=1S/C20H26FNO2/c21-17-6-4-16(5-7-17)20(9-10-20)18(24)22-11-1-8-19(13-22,14-23)12-15-2-3-15/h4-7,15,23H,1-3,8-14H2/t19-/m1/s1. The van der Waals surface area contributed by atoms with Gasteiger partial charge >= 0.3 is 0 Å². The molecule has 3 fully saturated rings. The molecule has 4 rings (SSSR count). The van der Waals surface area contributed by atoms with Gasteiger partial charge in [-0.2, -0.15) is 0 Å². The highest BCUT2D eigenvalue weighted by Gasteiger charge is 2.54. The zero-order chi connectivity index (χ0) is 16.8. The molecule has 1 aromatic rings. The summed E-state index contributed by atoms with van der Waals surface area (Å²) in [6.45, 7) is 1.65. The quantitative estimate of drug-likeness (QED) is 0.900. The summed E-state index contributed by atoms with van der Waals surface area (Å²) in [6.07, 6.45) is 7.29. The molecule has 24 heavy (non-hydrogen) atoms. The van der Waals surface area contributed by atoms with Crippen LogP contribution in [0.15, 0.2) is 24.3 Å². The van der Waals surface area contributed by atoms with Gasteiger partial charge in [0.1, 0.15) is 5.82 Å². The van der Waals surface area contributed by atoms with Gasteiger partial charge in [0, 0.05) is 18.5 Å². The fraction of sp³-hybridized carbons (Fsp3) is 0.650. The van der Waals surface area contributed by atoms with Gasteiger partial charge in [-0.3, -0.25) is 4.79 Å². The summed E-state index contributed by atoms with van der Waals surface area (Å²) >= 11 is 0. The number of amides is 1. The van der Waals surface area contributed by atoms with Gasteiger partial charge in [-0.05, 0) is 55.7 Å². The lowest BCUT2D eigenvalue weighted by atomic mass is 9.76. The Morgan fingerprint density at radius 1 is 1.21 bits per heavy atom. The van der Waals surface area contributed by atoms with E-state index in [1.807, 2.05) is 4.90 Å². The molecular formula is C20H26FNO2. The van der Waals surface area contributed by atoms with Gasteiger partial charge in [-0.1, -0.05) is 25.0 Å². The lowest BCUT2D eigenvalue weighted by Gasteiger charge is -2.43. The molecule has 2 aliphatic carbocycles. The molecule has 1 N–H and O–H groups in total. The second kappa shape index (κ2) is 5.83. The maximum absolute atomic E-state index is 13.2. The van der Waals surface area contributed by atoms with E-state index in [0.29, 0.717) is 6.54 Å². The average Bonchev–Trinajstić information content (AvgIpc) is 3.50. The van der Waals surface area contributed by atoms with Gasteiger partial charge < -0.3 is 10.0 Å². The van der Waals surface area contributed by atoms with Crippen LogP contribution in [0.2, 0.25) is 0 Å². The molecular weight excluding hydrogens is 305 g/mol. The molecule has 0 aromatic heterocycles. The van der Waals surface area contributed by atoms with Crippen molar-refractivity contribution in [2.24, 2.45) is 11.3 Å². The molecule has 1 saturated heterocycles. The second-order valence-corrected chi connectivity index (χ2v) is 8.22. The van der Waals surface area contributed by atoms with E-state index < -0.39 is 5.41 Å². The number of hydrogen-bond donors (Lipinski definition) is 1.